The molecule has 0 radical (unpaired) electrons. The fourth-order valence-electron chi connectivity index (χ4n) is 3.67. The van der Waals surface area contributed by atoms with E-state index in [4.69, 9.17) is 11.6 Å². The van der Waals surface area contributed by atoms with E-state index in [2.05, 4.69) is 20.3 Å². The van der Waals surface area contributed by atoms with Crippen molar-refractivity contribution in [3.05, 3.63) is 89.3 Å². The minimum absolute atomic E-state index is 0.0481. The van der Waals surface area contributed by atoms with Crippen LogP contribution < -0.4 is 5.32 Å². The number of H-pyrrole nitrogens is 1. The van der Waals surface area contributed by atoms with E-state index in [-0.39, 0.29) is 11.3 Å². The van der Waals surface area contributed by atoms with Gasteiger partial charge in [-0.25, -0.2) is 9.97 Å². The number of rotatable bonds is 3. The number of carbonyl (C=O) groups excluding carboxylic acids is 1. The second-order valence-electron chi connectivity index (χ2n) is 7.40. The van der Waals surface area contributed by atoms with Crippen molar-refractivity contribution in [1.82, 2.24) is 15.0 Å². The van der Waals surface area contributed by atoms with Gasteiger partial charge >= 0.3 is 6.18 Å². The minimum Gasteiger partial charge on any atom is -0.339 e. The molecule has 0 bridgehead atoms. The number of halogens is 4. The molecule has 1 amide bonds. The molecule has 0 spiro atoms. The smallest absolute Gasteiger partial charge is 0.339 e. The van der Waals surface area contributed by atoms with Gasteiger partial charge in [0.05, 0.1) is 5.56 Å². The Bertz CT molecular complexity index is 1530. The molecule has 5 rings (SSSR count). The first-order chi connectivity index (χ1) is 15.8. The molecule has 164 valence electrons. The van der Waals surface area contributed by atoms with Gasteiger partial charge in [-0.15, -0.1) is 0 Å². The molecule has 5 aromatic rings. The van der Waals surface area contributed by atoms with Gasteiger partial charge < -0.3 is 10.3 Å². The Morgan fingerprint density at radius 2 is 1.85 bits per heavy atom. The Kier molecular flexibility index (Phi) is 5.02. The second-order valence-corrected chi connectivity index (χ2v) is 7.80. The third-order valence-corrected chi connectivity index (χ3v) is 5.59. The number of anilines is 1. The average Bonchev–Trinajstić information content (AvgIpc) is 3.17. The minimum atomic E-state index is -4.50. The lowest BCUT2D eigenvalue weighted by molar-refractivity contribution is -0.137. The fourth-order valence-corrected chi connectivity index (χ4v) is 3.89. The first-order valence-corrected chi connectivity index (χ1v) is 10.2. The number of aromatic amines is 1. The van der Waals surface area contributed by atoms with Crippen molar-refractivity contribution in [3.8, 4) is 11.1 Å². The van der Waals surface area contributed by atoms with Crippen molar-refractivity contribution in [2.24, 2.45) is 0 Å². The number of hydrogen-bond acceptors (Lipinski definition) is 3. The standard InChI is InChI=1S/C24H14ClF3N4O/c25-20-7-5-14(23(33)31-16-3-1-2-15(10-16)24(26,27)28)8-18(20)13-4-6-17-19-11-29-12-30-22(19)32-21(17)9-13/h1-12H,(H,31,33)(H,29,30,32). The van der Waals surface area contributed by atoms with Crippen molar-refractivity contribution in [1.29, 1.82) is 0 Å². The normalized spacial score (nSPS) is 11.8. The summed E-state index contributed by atoms with van der Waals surface area (Å²) in [7, 11) is 0. The lowest BCUT2D eigenvalue weighted by Crippen LogP contribution is -2.13. The number of nitrogens with zero attached hydrogens (tertiary/aromatic N) is 2. The van der Waals surface area contributed by atoms with Crippen molar-refractivity contribution >= 4 is 45.1 Å². The van der Waals surface area contributed by atoms with E-state index in [1.54, 1.807) is 18.3 Å². The van der Waals surface area contributed by atoms with Gasteiger partial charge in [0.25, 0.3) is 5.91 Å². The van der Waals surface area contributed by atoms with Crippen LogP contribution in [0.2, 0.25) is 5.02 Å². The zero-order chi connectivity index (χ0) is 23.2. The van der Waals surface area contributed by atoms with Crippen molar-refractivity contribution < 1.29 is 18.0 Å². The van der Waals surface area contributed by atoms with E-state index in [0.29, 0.717) is 16.2 Å². The summed E-state index contributed by atoms with van der Waals surface area (Å²) >= 11 is 6.41. The predicted molar refractivity (Wildman–Crippen MR) is 121 cm³/mol. The lowest BCUT2D eigenvalue weighted by Gasteiger charge is -2.11. The summed E-state index contributed by atoms with van der Waals surface area (Å²) in [5.74, 6) is -0.547. The van der Waals surface area contributed by atoms with Gasteiger partial charge in [-0.1, -0.05) is 29.8 Å². The van der Waals surface area contributed by atoms with Crippen LogP contribution in [0.15, 0.2) is 73.2 Å². The van der Waals surface area contributed by atoms with E-state index >= 15 is 0 Å². The summed E-state index contributed by atoms with van der Waals surface area (Å²) in [6.45, 7) is 0. The van der Waals surface area contributed by atoms with Gasteiger partial charge in [-0.3, -0.25) is 4.79 Å². The molecule has 2 aromatic heterocycles. The summed E-state index contributed by atoms with van der Waals surface area (Å²) in [4.78, 5) is 24.2. The van der Waals surface area contributed by atoms with Crippen LogP contribution in [0.25, 0.3) is 33.1 Å². The number of carbonyl (C=O) groups is 1. The lowest BCUT2D eigenvalue weighted by atomic mass is 10.0. The number of fused-ring (bicyclic) bond motifs is 3. The van der Waals surface area contributed by atoms with Crippen LogP contribution in [0.4, 0.5) is 18.9 Å². The molecule has 0 aliphatic heterocycles. The van der Waals surface area contributed by atoms with Gasteiger partial charge in [-0.2, -0.15) is 13.2 Å². The maximum atomic E-state index is 13.0. The number of nitrogens with one attached hydrogen (secondary N) is 2. The molecule has 0 fully saturated rings. The average molecular weight is 467 g/mol. The van der Waals surface area contributed by atoms with E-state index < -0.39 is 17.6 Å². The maximum Gasteiger partial charge on any atom is 0.416 e. The number of amides is 1. The third kappa shape index (κ3) is 4.01. The molecule has 2 heterocycles. The maximum absolute atomic E-state index is 13.0. The van der Waals surface area contributed by atoms with Gasteiger partial charge in [0.1, 0.15) is 12.0 Å². The first-order valence-electron chi connectivity index (χ1n) is 9.79. The van der Waals surface area contributed by atoms with Gasteiger partial charge in [0, 0.05) is 44.3 Å². The van der Waals surface area contributed by atoms with Crippen LogP contribution >= 0.6 is 11.6 Å². The molecule has 0 saturated carbocycles. The third-order valence-electron chi connectivity index (χ3n) is 5.26. The Hall–Kier alpha value is -3.91. The largest absolute Gasteiger partial charge is 0.416 e. The van der Waals surface area contributed by atoms with E-state index in [0.717, 1.165) is 34.0 Å². The zero-order valence-electron chi connectivity index (χ0n) is 16.7. The second kappa shape index (κ2) is 7.90. The van der Waals surface area contributed by atoms with Crippen molar-refractivity contribution in [2.75, 3.05) is 5.32 Å². The number of benzene rings is 3. The molecule has 5 nitrogen and oxygen atoms in total. The van der Waals surface area contributed by atoms with Gasteiger partial charge in [-0.05, 0) is 48.0 Å². The highest BCUT2D eigenvalue weighted by Gasteiger charge is 2.30. The van der Waals surface area contributed by atoms with Crippen LogP contribution in [0.3, 0.4) is 0 Å². The molecule has 2 N–H and O–H groups in total. The molecular weight excluding hydrogens is 453 g/mol. The molecule has 0 atom stereocenters. The Morgan fingerprint density at radius 3 is 2.67 bits per heavy atom. The molecule has 33 heavy (non-hydrogen) atoms. The van der Waals surface area contributed by atoms with Crippen LogP contribution in [-0.2, 0) is 6.18 Å². The van der Waals surface area contributed by atoms with E-state index in [1.807, 2.05) is 18.2 Å². The number of hydrogen-bond donors (Lipinski definition) is 2. The van der Waals surface area contributed by atoms with Gasteiger partial charge in [0.2, 0.25) is 0 Å². The van der Waals surface area contributed by atoms with Crippen LogP contribution in [0.1, 0.15) is 15.9 Å². The molecule has 0 saturated heterocycles. The van der Waals surface area contributed by atoms with Gasteiger partial charge in [0.15, 0.2) is 0 Å². The summed E-state index contributed by atoms with van der Waals surface area (Å²) in [6.07, 6.45) is -1.31. The molecule has 3 aromatic carbocycles. The van der Waals surface area contributed by atoms with Crippen molar-refractivity contribution in [3.63, 3.8) is 0 Å². The highest BCUT2D eigenvalue weighted by atomic mass is 35.5. The van der Waals surface area contributed by atoms with Crippen LogP contribution in [-0.4, -0.2) is 20.9 Å². The summed E-state index contributed by atoms with van der Waals surface area (Å²) in [6, 6.07) is 14.9. The topological polar surface area (TPSA) is 70.7 Å². The summed E-state index contributed by atoms with van der Waals surface area (Å²) in [5.41, 5.74) is 2.38. The highest BCUT2D eigenvalue weighted by molar-refractivity contribution is 6.33. The molecule has 9 heteroatoms. The van der Waals surface area contributed by atoms with Crippen LogP contribution in [0.5, 0.6) is 0 Å². The summed E-state index contributed by atoms with van der Waals surface area (Å²) in [5, 5.41) is 4.78. The first kappa shape index (κ1) is 21.0. The molecule has 0 unspecified atom stereocenters. The summed E-state index contributed by atoms with van der Waals surface area (Å²) < 4.78 is 38.9. The van der Waals surface area contributed by atoms with E-state index in [9.17, 15) is 18.0 Å². The zero-order valence-corrected chi connectivity index (χ0v) is 17.5. The van der Waals surface area contributed by atoms with Crippen LogP contribution in [0, 0.1) is 0 Å². The molecule has 0 aliphatic rings. The van der Waals surface area contributed by atoms with Crippen molar-refractivity contribution in [2.45, 2.75) is 6.18 Å². The molecule has 0 aliphatic carbocycles. The molecular formula is C24H14ClF3N4O. The quantitative estimate of drug-likeness (QED) is 0.310. The monoisotopic (exact) mass is 466 g/mol. The Labute approximate surface area is 190 Å². The Balaban J connectivity index is 1.48. The van der Waals surface area contributed by atoms with E-state index in [1.165, 1.54) is 24.5 Å². The number of alkyl halides is 3. The fraction of sp³-hybridized carbons (Fsp3) is 0.0417. The predicted octanol–water partition coefficient (Wildman–Crippen LogP) is 6.70. The SMILES string of the molecule is O=C(Nc1cccc(C(F)(F)F)c1)c1ccc(Cl)c(-c2ccc3c(c2)[nH]c2ncncc23)c1. The Morgan fingerprint density at radius 1 is 1.00 bits per heavy atom. The highest BCUT2D eigenvalue weighted by Crippen LogP contribution is 2.34. The number of aromatic nitrogens is 3.